The molecule has 0 spiro atoms. The fourth-order valence-electron chi connectivity index (χ4n) is 2.53. The Morgan fingerprint density at radius 3 is 2.50 bits per heavy atom. The highest BCUT2D eigenvalue weighted by Gasteiger charge is 2.18. The van der Waals surface area contributed by atoms with E-state index in [-0.39, 0.29) is 0 Å². The molecule has 1 aliphatic heterocycles. The third-order valence-electron chi connectivity index (χ3n) is 3.99. The number of quaternary nitrogens is 2. The second-order valence-electron chi connectivity index (χ2n) is 5.68. The number of para-hydroxylation sites is 1. The Hall–Kier alpha value is -1.10. The number of nitrogens with one attached hydrogen (secondary N) is 2. The Kier molecular flexibility index (Phi) is 6.30. The molecule has 1 aromatic carbocycles. The molecular formula is C16H28N2O2+2. The van der Waals surface area contributed by atoms with Crippen LogP contribution in [0.1, 0.15) is 5.56 Å². The Bertz CT molecular complexity index is 390. The minimum atomic E-state index is 0.632. The monoisotopic (exact) mass is 280 g/mol. The Balaban J connectivity index is 1.51. The molecule has 2 rings (SSSR count). The molecule has 0 aliphatic carbocycles. The molecule has 1 saturated heterocycles. The van der Waals surface area contributed by atoms with Gasteiger partial charge in [0, 0.05) is 0 Å². The molecule has 4 nitrogen and oxygen atoms in total. The van der Waals surface area contributed by atoms with Crippen molar-refractivity contribution in [3.63, 3.8) is 0 Å². The fraction of sp³-hybridized carbons (Fsp3) is 0.625. The number of aryl methyl sites for hydroxylation is 1. The lowest BCUT2D eigenvalue weighted by Crippen LogP contribution is -3.27. The molecule has 20 heavy (non-hydrogen) atoms. The van der Waals surface area contributed by atoms with E-state index in [4.69, 9.17) is 9.47 Å². The normalized spacial score (nSPS) is 22.7. The molecule has 0 bridgehead atoms. The maximum absolute atomic E-state index is 5.71. The predicted molar refractivity (Wildman–Crippen MR) is 79.7 cm³/mol. The molecule has 1 aromatic rings. The molecule has 1 aliphatic rings. The van der Waals surface area contributed by atoms with E-state index >= 15 is 0 Å². The molecule has 0 saturated carbocycles. The van der Waals surface area contributed by atoms with Crippen molar-refractivity contribution in [2.75, 3.05) is 59.6 Å². The summed E-state index contributed by atoms with van der Waals surface area (Å²) >= 11 is 0. The molecule has 0 unspecified atom stereocenters. The maximum atomic E-state index is 5.71. The van der Waals surface area contributed by atoms with Crippen molar-refractivity contribution < 1.29 is 19.3 Å². The molecule has 2 N–H and O–H groups in total. The minimum absolute atomic E-state index is 0.632. The van der Waals surface area contributed by atoms with E-state index in [9.17, 15) is 0 Å². The minimum Gasteiger partial charge on any atom is -0.491 e. The molecule has 1 heterocycles. The average Bonchev–Trinajstić information content (AvgIpc) is 2.46. The maximum Gasteiger partial charge on any atom is 0.127 e. The van der Waals surface area contributed by atoms with Gasteiger partial charge in [-0.05, 0) is 18.6 Å². The van der Waals surface area contributed by atoms with Crippen molar-refractivity contribution in [3.8, 4) is 5.75 Å². The smallest absolute Gasteiger partial charge is 0.127 e. The second-order valence-corrected chi connectivity index (χ2v) is 5.68. The number of rotatable bonds is 7. The Labute approximate surface area is 122 Å². The van der Waals surface area contributed by atoms with Crippen molar-refractivity contribution in [1.29, 1.82) is 0 Å². The Morgan fingerprint density at radius 2 is 1.75 bits per heavy atom. The van der Waals surface area contributed by atoms with E-state index in [2.05, 4.69) is 20.0 Å². The summed E-state index contributed by atoms with van der Waals surface area (Å²) in [5.41, 5.74) is 1.18. The molecule has 0 amide bonds. The first-order chi connectivity index (χ1) is 9.75. The highest BCUT2D eigenvalue weighted by molar-refractivity contribution is 5.31. The lowest BCUT2D eigenvalue weighted by Gasteiger charge is -2.27. The first-order valence-electron chi connectivity index (χ1n) is 7.67. The summed E-state index contributed by atoms with van der Waals surface area (Å²) in [7, 11) is 2.27. The fourth-order valence-corrected chi connectivity index (χ4v) is 2.53. The topological polar surface area (TPSA) is 27.3 Å². The van der Waals surface area contributed by atoms with Gasteiger partial charge in [-0.2, -0.15) is 0 Å². The molecule has 0 aromatic heterocycles. The van der Waals surface area contributed by atoms with E-state index in [1.807, 2.05) is 18.2 Å². The van der Waals surface area contributed by atoms with Crippen molar-refractivity contribution in [2.45, 2.75) is 6.92 Å². The average molecular weight is 280 g/mol. The number of hydrogen-bond acceptors (Lipinski definition) is 2. The van der Waals surface area contributed by atoms with E-state index in [1.54, 1.807) is 9.80 Å². The molecule has 4 heteroatoms. The summed E-state index contributed by atoms with van der Waals surface area (Å²) in [4.78, 5) is 3.33. The Morgan fingerprint density at radius 1 is 1.00 bits per heavy atom. The van der Waals surface area contributed by atoms with Gasteiger partial charge in [0.05, 0.1) is 20.3 Å². The number of ether oxygens (including phenoxy) is 2. The standard InChI is InChI=1S/C16H26N2O2/c1-15-5-3-4-6-16(15)20-14-13-19-12-11-18-9-7-17(2)8-10-18/h3-6H,7-14H2,1-2H3/p+2. The van der Waals surface area contributed by atoms with Gasteiger partial charge in [-0.15, -0.1) is 0 Å². The van der Waals surface area contributed by atoms with Crippen LogP contribution in [0, 0.1) is 6.92 Å². The van der Waals surface area contributed by atoms with Crippen molar-refractivity contribution in [1.82, 2.24) is 0 Å². The summed E-state index contributed by atoms with van der Waals surface area (Å²) in [6.45, 7) is 10.4. The van der Waals surface area contributed by atoms with Gasteiger partial charge in [-0.25, -0.2) is 0 Å². The van der Waals surface area contributed by atoms with Gasteiger partial charge in [0.15, 0.2) is 0 Å². The third kappa shape index (κ3) is 5.12. The number of hydrogen-bond donors (Lipinski definition) is 2. The zero-order valence-corrected chi connectivity index (χ0v) is 12.8. The second kappa shape index (κ2) is 8.25. The highest BCUT2D eigenvalue weighted by Crippen LogP contribution is 2.15. The SMILES string of the molecule is Cc1ccccc1OCCOCC[NH+]1CC[NH+](C)CC1. The summed E-state index contributed by atoms with van der Waals surface area (Å²) in [6, 6.07) is 8.10. The van der Waals surface area contributed by atoms with Gasteiger partial charge in [-0.3, -0.25) is 0 Å². The summed E-state index contributed by atoms with van der Waals surface area (Å²) in [6.07, 6.45) is 0. The van der Waals surface area contributed by atoms with Crippen molar-refractivity contribution in [2.24, 2.45) is 0 Å². The van der Waals surface area contributed by atoms with Crippen LogP contribution in [0.15, 0.2) is 24.3 Å². The summed E-state index contributed by atoms with van der Waals surface area (Å²) in [5.74, 6) is 0.962. The van der Waals surface area contributed by atoms with Gasteiger partial charge < -0.3 is 19.3 Å². The van der Waals surface area contributed by atoms with Crippen LogP contribution in [0.5, 0.6) is 5.75 Å². The largest absolute Gasteiger partial charge is 0.491 e. The molecule has 112 valence electrons. The highest BCUT2D eigenvalue weighted by atomic mass is 16.5. The van der Waals surface area contributed by atoms with Crippen molar-refractivity contribution >= 4 is 0 Å². The number of likely N-dealkylation sites (N-methyl/N-ethyl adjacent to an activating group) is 1. The zero-order chi connectivity index (χ0) is 14.2. The zero-order valence-electron chi connectivity index (χ0n) is 12.8. The van der Waals surface area contributed by atoms with Crippen LogP contribution in [-0.2, 0) is 4.74 Å². The van der Waals surface area contributed by atoms with Gasteiger partial charge in [0.2, 0.25) is 0 Å². The quantitative estimate of drug-likeness (QED) is 0.614. The van der Waals surface area contributed by atoms with Crippen molar-refractivity contribution in [3.05, 3.63) is 29.8 Å². The van der Waals surface area contributed by atoms with Crippen LogP contribution in [0.3, 0.4) is 0 Å². The molecule has 1 fully saturated rings. The van der Waals surface area contributed by atoms with Crippen LogP contribution < -0.4 is 14.5 Å². The van der Waals surface area contributed by atoms with Crippen LogP contribution in [-0.4, -0.2) is 59.6 Å². The first-order valence-corrected chi connectivity index (χ1v) is 7.67. The number of piperazine rings is 1. The van der Waals surface area contributed by atoms with Gasteiger partial charge >= 0.3 is 0 Å². The van der Waals surface area contributed by atoms with Gasteiger partial charge in [-0.1, -0.05) is 18.2 Å². The summed E-state index contributed by atoms with van der Waals surface area (Å²) < 4.78 is 11.4. The van der Waals surface area contributed by atoms with E-state index in [1.165, 1.54) is 31.7 Å². The number of benzene rings is 1. The van der Waals surface area contributed by atoms with Crippen LogP contribution >= 0.6 is 0 Å². The van der Waals surface area contributed by atoms with Crippen LogP contribution in [0.25, 0.3) is 0 Å². The van der Waals surface area contributed by atoms with E-state index < -0.39 is 0 Å². The lowest BCUT2D eigenvalue weighted by molar-refractivity contribution is -1.00. The third-order valence-corrected chi connectivity index (χ3v) is 3.99. The molecular weight excluding hydrogens is 252 g/mol. The molecule has 0 atom stereocenters. The van der Waals surface area contributed by atoms with E-state index in [0.717, 1.165) is 18.9 Å². The van der Waals surface area contributed by atoms with Crippen LogP contribution in [0.2, 0.25) is 0 Å². The summed E-state index contributed by atoms with van der Waals surface area (Å²) in [5, 5.41) is 0. The molecule has 0 radical (unpaired) electrons. The lowest BCUT2D eigenvalue weighted by atomic mass is 10.2. The van der Waals surface area contributed by atoms with E-state index in [0.29, 0.717) is 13.2 Å². The first kappa shape index (κ1) is 15.3. The predicted octanol–water partition coefficient (Wildman–Crippen LogP) is -1.20. The van der Waals surface area contributed by atoms with Gasteiger partial charge in [0.1, 0.15) is 45.1 Å². The van der Waals surface area contributed by atoms with Crippen LogP contribution in [0.4, 0.5) is 0 Å². The van der Waals surface area contributed by atoms with Gasteiger partial charge in [0.25, 0.3) is 0 Å².